The van der Waals surface area contributed by atoms with Gasteiger partial charge < -0.3 is 19.9 Å². The lowest BCUT2D eigenvalue weighted by Crippen LogP contribution is -2.29. The third kappa shape index (κ3) is 5.17. The lowest BCUT2D eigenvalue weighted by atomic mass is 10.0. The highest BCUT2D eigenvalue weighted by molar-refractivity contribution is 6.17. The van der Waals surface area contributed by atoms with Gasteiger partial charge in [-0.1, -0.05) is 24.3 Å². The lowest BCUT2D eigenvalue weighted by molar-refractivity contribution is -0.511. The number of nitrogens with zero attached hydrogens (tertiary/aromatic N) is 4. The van der Waals surface area contributed by atoms with Gasteiger partial charge in [-0.3, -0.25) is 0 Å². The molecule has 0 amide bonds. The largest absolute Gasteiger partial charge is 0.450 e. The number of aromatic amines is 4. The number of hydrogen-bond acceptors (Lipinski definition) is 0. The van der Waals surface area contributed by atoms with Gasteiger partial charge in [-0.15, -0.1) is 9.15 Å². The maximum Gasteiger partial charge on any atom is 0.450 e. The summed E-state index contributed by atoms with van der Waals surface area (Å²) < 4.78 is 37.3. The second kappa shape index (κ2) is 12.1. The van der Waals surface area contributed by atoms with Crippen molar-refractivity contribution in [2.45, 2.75) is 0 Å². The topological polar surface area (TPSA) is 75.2 Å². The molecule has 8 bridgehead atoms. The smallest absolute Gasteiger partial charge is 0.354 e. The van der Waals surface area contributed by atoms with Gasteiger partial charge in [0.05, 0.1) is 22.1 Å². The summed E-state index contributed by atoms with van der Waals surface area (Å²) >= 11 is 0. The Hall–Kier alpha value is -6.42. The summed E-state index contributed by atoms with van der Waals surface area (Å²) in [7, 11) is 8.31. The summed E-state index contributed by atoms with van der Waals surface area (Å²) in [5.41, 5.74) is 9.20. The molecule has 6 aromatic rings. The van der Waals surface area contributed by atoms with Crippen molar-refractivity contribution < 1.29 is 27.1 Å². The van der Waals surface area contributed by atoms with Crippen LogP contribution in [0.25, 0.3) is 22.3 Å². The molecule has 3 aliphatic heterocycles. The number of aromatic nitrogens is 4. The first-order chi connectivity index (χ1) is 25.2. The second-order valence-electron chi connectivity index (χ2n) is 13.7. The molecule has 0 unspecified atom stereocenters. The summed E-state index contributed by atoms with van der Waals surface area (Å²) in [6, 6.07) is 30.1. The molecule has 0 radical (unpaired) electrons. The lowest BCUT2D eigenvalue weighted by Gasteiger charge is -2.08. The molecule has 0 saturated heterocycles. The number of halogens is 2. The first kappa shape index (κ1) is 31.6. The van der Waals surface area contributed by atoms with Gasteiger partial charge in [0.15, 0.2) is 11.1 Å². The molecule has 0 saturated carbocycles. The van der Waals surface area contributed by atoms with Crippen LogP contribution in [0.5, 0.6) is 0 Å². The van der Waals surface area contributed by atoms with Crippen LogP contribution in [0, 0.1) is 11.6 Å². The number of fused-ring (bicyclic) bond motifs is 8. The van der Waals surface area contributed by atoms with Crippen molar-refractivity contribution in [3.8, 4) is 0 Å². The molecular weight excluding hydrogens is 655 g/mol. The van der Waals surface area contributed by atoms with E-state index >= 15 is 0 Å². The standard InChI is InChI=1S/C42H36F2N8/c1-49-21-22-50(2)41(49)39-33-17-13-29(45-33)37(25-5-9-27(43)10-6-25)31-15-19-35(47-31)40(42-51(3)23-24-52(42)4)36-20-16-32(48-36)38(30-14-18-34(39)46-30)26-7-11-28(44)12-8-26/h5-21,23H,22,24H2,1-4H3,(H2,45,46,47,48)/q+2/p+2. The molecule has 3 aliphatic rings. The minimum absolute atomic E-state index is 0.287. The van der Waals surface area contributed by atoms with E-state index < -0.39 is 0 Å². The minimum Gasteiger partial charge on any atom is -0.354 e. The zero-order chi connectivity index (χ0) is 35.7. The Morgan fingerprint density at radius 3 is 1.06 bits per heavy atom. The van der Waals surface area contributed by atoms with E-state index in [0.29, 0.717) is 0 Å². The highest BCUT2D eigenvalue weighted by Crippen LogP contribution is 2.26. The van der Waals surface area contributed by atoms with Gasteiger partial charge in [-0.2, -0.15) is 9.15 Å². The average Bonchev–Trinajstić information content (AvgIpc) is 4.00. The molecule has 0 aliphatic carbocycles. The number of rotatable bonds is 4. The molecule has 2 aromatic carbocycles. The normalized spacial score (nSPS) is 16.0. The Balaban J connectivity index is 1.44. The number of benzene rings is 2. The zero-order valence-corrected chi connectivity index (χ0v) is 29.4. The van der Waals surface area contributed by atoms with E-state index in [9.17, 15) is 8.78 Å². The summed E-state index contributed by atoms with van der Waals surface area (Å²) in [6.07, 6.45) is 4.32. The zero-order valence-electron chi connectivity index (χ0n) is 29.4. The average molecular weight is 693 g/mol. The summed E-state index contributed by atoms with van der Waals surface area (Å²) in [5, 5.41) is 3.61. The fourth-order valence-corrected chi connectivity index (χ4v) is 7.77. The van der Waals surface area contributed by atoms with Crippen LogP contribution in [0.15, 0.2) is 97.1 Å². The molecule has 0 atom stereocenters. The molecule has 0 fully saturated rings. The Morgan fingerprint density at radius 2 is 0.731 bits per heavy atom. The molecule has 52 heavy (non-hydrogen) atoms. The third-order valence-corrected chi connectivity index (χ3v) is 10.3. The third-order valence-electron chi connectivity index (χ3n) is 10.3. The Kier molecular flexibility index (Phi) is 7.35. The molecular formula is C42H38F2N8+4. The van der Waals surface area contributed by atoms with Crippen molar-refractivity contribution in [2.75, 3.05) is 41.3 Å². The molecule has 9 rings (SSSR count). The summed E-state index contributed by atoms with van der Waals surface area (Å²) in [4.78, 5) is 15.1. The van der Waals surface area contributed by atoms with Gasteiger partial charge >= 0.3 is 11.7 Å². The van der Waals surface area contributed by atoms with E-state index in [-0.39, 0.29) is 11.6 Å². The summed E-state index contributed by atoms with van der Waals surface area (Å²) in [6.45, 7) is 1.54. The molecule has 0 spiro atoms. The second-order valence-corrected chi connectivity index (χ2v) is 13.7. The highest BCUT2D eigenvalue weighted by Gasteiger charge is 2.36. The van der Waals surface area contributed by atoms with E-state index in [1.54, 1.807) is 0 Å². The SMILES string of the molecule is C[N+]1=CC[N+](C)=C1C1=c2ccc([nH]2)=C(c2ccc(F)cc2)c2ccc([nH]2)C(C2=[N+](C)CC=[N+]2C)=c2ccc([nH]2)=C(c2ccc(F)cc2)c2ccc1[nH]2. The van der Waals surface area contributed by atoms with Gasteiger partial charge in [0, 0.05) is 33.2 Å². The maximum atomic E-state index is 14.3. The Bertz CT molecular complexity index is 2640. The maximum absolute atomic E-state index is 14.3. The Labute approximate surface area is 298 Å². The molecule has 8 nitrogen and oxygen atoms in total. The molecule has 256 valence electrons. The molecule has 10 heteroatoms. The number of H-pyrrole nitrogens is 4. The van der Waals surface area contributed by atoms with Gasteiger partial charge in [-0.05, 0) is 83.9 Å². The predicted octanol–water partition coefficient (Wildman–Crippen LogP) is 2.02. The molecule has 7 heterocycles. The van der Waals surface area contributed by atoms with Gasteiger partial charge in [0.25, 0.3) is 0 Å². The number of amidine groups is 2. The summed E-state index contributed by atoms with van der Waals surface area (Å²) in [5.74, 6) is 1.50. The van der Waals surface area contributed by atoms with Crippen LogP contribution >= 0.6 is 0 Å². The monoisotopic (exact) mass is 692 g/mol. The van der Waals surface area contributed by atoms with Crippen molar-refractivity contribution in [2.24, 2.45) is 0 Å². The van der Waals surface area contributed by atoms with E-state index in [4.69, 9.17) is 0 Å². The van der Waals surface area contributed by atoms with Crippen LogP contribution in [-0.2, 0) is 0 Å². The van der Waals surface area contributed by atoms with Crippen molar-refractivity contribution >= 4 is 46.4 Å². The van der Waals surface area contributed by atoms with Gasteiger partial charge in [0.1, 0.15) is 39.8 Å². The van der Waals surface area contributed by atoms with E-state index in [1.807, 2.05) is 24.3 Å². The predicted molar refractivity (Wildman–Crippen MR) is 199 cm³/mol. The highest BCUT2D eigenvalue weighted by atomic mass is 19.1. The first-order valence-electron chi connectivity index (χ1n) is 17.3. The van der Waals surface area contributed by atoms with Crippen molar-refractivity contribution in [1.82, 2.24) is 19.9 Å². The minimum atomic E-state index is -0.287. The van der Waals surface area contributed by atoms with Crippen LogP contribution in [0.2, 0.25) is 0 Å². The van der Waals surface area contributed by atoms with Gasteiger partial charge in [0.2, 0.25) is 25.5 Å². The molecule has 4 N–H and O–H groups in total. The number of hydrogen-bond donors (Lipinski definition) is 4. The van der Waals surface area contributed by atoms with E-state index in [0.717, 1.165) is 102 Å². The van der Waals surface area contributed by atoms with Crippen molar-refractivity contribution in [3.05, 3.63) is 164 Å². The fraction of sp³-hybridized carbons (Fsp3) is 0.143. The van der Waals surface area contributed by atoms with Crippen molar-refractivity contribution in [1.29, 1.82) is 0 Å². The van der Waals surface area contributed by atoms with Crippen LogP contribution < -0.4 is 21.4 Å². The van der Waals surface area contributed by atoms with Crippen LogP contribution in [0.1, 0.15) is 33.9 Å². The van der Waals surface area contributed by atoms with Crippen molar-refractivity contribution in [3.63, 3.8) is 0 Å². The fourth-order valence-electron chi connectivity index (χ4n) is 7.77. The number of nitrogens with one attached hydrogen (secondary N) is 4. The Morgan fingerprint density at radius 1 is 0.404 bits per heavy atom. The molecule has 4 aromatic heterocycles. The number of likely N-dealkylation sites (N-methyl/N-ethyl adjacent to an activating group) is 2. The quantitative estimate of drug-likeness (QED) is 0.205. The van der Waals surface area contributed by atoms with E-state index in [1.165, 1.54) is 24.3 Å². The first-order valence-corrected chi connectivity index (χ1v) is 17.3. The van der Waals surface area contributed by atoms with E-state index in [2.05, 4.69) is 127 Å². The van der Waals surface area contributed by atoms with Crippen LogP contribution in [0.4, 0.5) is 8.78 Å². The van der Waals surface area contributed by atoms with Crippen LogP contribution in [-0.4, -0.2) is 104 Å². The van der Waals surface area contributed by atoms with Gasteiger partial charge in [-0.25, -0.2) is 8.78 Å². The van der Waals surface area contributed by atoms with Crippen LogP contribution in [0.3, 0.4) is 0 Å².